The Morgan fingerprint density at radius 1 is 0.906 bits per heavy atom. The average molecular weight is 498 g/mol. The fourth-order valence-electron chi connectivity index (χ4n) is 4.57. The van der Waals surface area contributed by atoms with Gasteiger partial charge in [0.15, 0.2) is 0 Å². The summed E-state index contributed by atoms with van der Waals surface area (Å²) in [7, 11) is 0. The van der Waals surface area contributed by atoms with Crippen molar-refractivity contribution in [3.8, 4) is 0 Å². The Labute approximate surface area is 204 Å². The Kier molecular flexibility index (Phi) is 16.8. The SMILES string of the molecule is CC(CC(=O)O)NC(=O)CNC(=O)C(CCC1CCNCC1)CCC1CCNCC1.Cl.Cl. The molecule has 1 unspecified atom stereocenters. The number of amides is 2. The van der Waals surface area contributed by atoms with Crippen LogP contribution in [0.2, 0.25) is 0 Å². The minimum Gasteiger partial charge on any atom is -0.481 e. The lowest BCUT2D eigenvalue weighted by Gasteiger charge is -2.27. The fourth-order valence-corrected chi connectivity index (χ4v) is 4.57. The summed E-state index contributed by atoms with van der Waals surface area (Å²) in [4.78, 5) is 35.6. The van der Waals surface area contributed by atoms with E-state index in [2.05, 4.69) is 21.3 Å². The predicted molar refractivity (Wildman–Crippen MR) is 131 cm³/mol. The summed E-state index contributed by atoms with van der Waals surface area (Å²) in [5.74, 6) is -0.0330. The van der Waals surface area contributed by atoms with Gasteiger partial charge < -0.3 is 26.4 Å². The number of hydrogen-bond donors (Lipinski definition) is 5. The molecule has 10 heteroatoms. The molecule has 0 aromatic rings. The molecule has 2 rings (SSSR count). The molecule has 2 aliphatic rings. The van der Waals surface area contributed by atoms with Crippen LogP contribution < -0.4 is 21.3 Å². The third-order valence-electron chi connectivity index (χ3n) is 6.45. The van der Waals surface area contributed by atoms with Gasteiger partial charge in [-0.3, -0.25) is 14.4 Å². The second kappa shape index (κ2) is 17.4. The summed E-state index contributed by atoms with van der Waals surface area (Å²) in [6, 6.07) is -0.456. The molecule has 2 heterocycles. The fraction of sp³-hybridized carbons (Fsp3) is 0.864. The van der Waals surface area contributed by atoms with Crippen LogP contribution in [0.4, 0.5) is 0 Å². The van der Waals surface area contributed by atoms with Gasteiger partial charge in [-0.05, 0) is 96.3 Å². The van der Waals surface area contributed by atoms with E-state index in [0.717, 1.165) is 51.9 Å². The Balaban J connectivity index is 0.00000480. The van der Waals surface area contributed by atoms with Crippen LogP contribution in [0.1, 0.15) is 64.7 Å². The highest BCUT2D eigenvalue weighted by Crippen LogP contribution is 2.26. The molecule has 188 valence electrons. The lowest BCUT2D eigenvalue weighted by Crippen LogP contribution is -2.43. The largest absolute Gasteiger partial charge is 0.481 e. The number of halogens is 2. The zero-order chi connectivity index (χ0) is 21.8. The van der Waals surface area contributed by atoms with E-state index in [9.17, 15) is 14.4 Å². The zero-order valence-electron chi connectivity index (χ0n) is 19.2. The maximum Gasteiger partial charge on any atom is 0.305 e. The smallest absolute Gasteiger partial charge is 0.305 e. The first-order valence-electron chi connectivity index (χ1n) is 11.6. The number of nitrogens with one attached hydrogen (secondary N) is 4. The van der Waals surface area contributed by atoms with Crippen LogP contribution in [-0.2, 0) is 14.4 Å². The first-order valence-corrected chi connectivity index (χ1v) is 11.6. The van der Waals surface area contributed by atoms with Crippen molar-refractivity contribution in [3.05, 3.63) is 0 Å². The molecule has 2 saturated heterocycles. The molecular formula is C22H42Cl2N4O4. The molecule has 0 aromatic heterocycles. The summed E-state index contributed by atoms with van der Waals surface area (Å²) in [5.41, 5.74) is 0. The van der Waals surface area contributed by atoms with Crippen LogP contribution in [0.5, 0.6) is 0 Å². The van der Waals surface area contributed by atoms with Gasteiger partial charge in [-0.1, -0.05) is 0 Å². The number of rotatable bonds is 12. The topological polar surface area (TPSA) is 120 Å². The summed E-state index contributed by atoms with van der Waals surface area (Å²) >= 11 is 0. The second-order valence-corrected chi connectivity index (χ2v) is 9.02. The number of aliphatic carboxylic acids is 1. The molecule has 1 atom stereocenters. The Bertz CT molecular complexity index is 534. The normalized spacial score (nSPS) is 18.2. The van der Waals surface area contributed by atoms with Crippen molar-refractivity contribution in [2.45, 2.75) is 70.8 Å². The second-order valence-electron chi connectivity index (χ2n) is 9.02. The molecule has 0 radical (unpaired) electrons. The molecule has 5 N–H and O–H groups in total. The van der Waals surface area contributed by atoms with Crippen molar-refractivity contribution < 1.29 is 19.5 Å². The minimum absolute atomic E-state index is 0. The maximum absolute atomic E-state index is 12.8. The molecule has 0 saturated carbocycles. The van der Waals surface area contributed by atoms with Gasteiger partial charge in [0.1, 0.15) is 0 Å². The van der Waals surface area contributed by atoms with Crippen LogP contribution >= 0.6 is 24.8 Å². The third-order valence-corrected chi connectivity index (χ3v) is 6.45. The lowest BCUT2D eigenvalue weighted by molar-refractivity contribution is -0.137. The summed E-state index contributed by atoms with van der Waals surface area (Å²) in [5, 5.41) is 21.0. The average Bonchev–Trinajstić information content (AvgIpc) is 2.73. The van der Waals surface area contributed by atoms with Crippen molar-refractivity contribution in [2.24, 2.45) is 17.8 Å². The van der Waals surface area contributed by atoms with Crippen LogP contribution in [0.25, 0.3) is 0 Å². The van der Waals surface area contributed by atoms with Crippen molar-refractivity contribution >= 4 is 42.6 Å². The highest BCUT2D eigenvalue weighted by atomic mass is 35.5. The van der Waals surface area contributed by atoms with Gasteiger partial charge in [0, 0.05) is 12.0 Å². The first kappa shape index (κ1) is 30.9. The summed E-state index contributed by atoms with van der Waals surface area (Å²) in [6.45, 7) is 5.79. The van der Waals surface area contributed by atoms with Crippen molar-refractivity contribution in [1.29, 1.82) is 0 Å². The van der Waals surface area contributed by atoms with E-state index >= 15 is 0 Å². The van der Waals surface area contributed by atoms with Crippen LogP contribution in [0, 0.1) is 17.8 Å². The van der Waals surface area contributed by atoms with Crippen molar-refractivity contribution in [1.82, 2.24) is 21.3 Å². The van der Waals surface area contributed by atoms with Gasteiger partial charge >= 0.3 is 5.97 Å². The van der Waals surface area contributed by atoms with E-state index in [1.165, 1.54) is 25.7 Å². The molecule has 2 amide bonds. The number of carbonyl (C=O) groups excluding carboxylic acids is 2. The monoisotopic (exact) mass is 496 g/mol. The lowest BCUT2D eigenvalue weighted by atomic mass is 9.84. The molecule has 2 aliphatic heterocycles. The van der Waals surface area contributed by atoms with E-state index in [1.807, 2.05) is 0 Å². The van der Waals surface area contributed by atoms with E-state index in [4.69, 9.17) is 5.11 Å². The van der Waals surface area contributed by atoms with E-state index in [-0.39, 0.29) is 55.5 Å². The first-order chi connectivity index (χ1) is 14.4. The van der Waals surface area contributed by atoms with Crippen LogP contribution in [0.3, 0.4) is 0 Å². The molecule has 0 aromatic carbocycles. The standard InChI is InChI=1S/C22H40N4O4.2ClH/c1-16(14-21(28)29)26-20(27)15-25-22(30)19(4-2-17-6-10-23-11-7-17)5-3-18-8-12-24-13-9-18;;/h16-19,23-24H,2-15H2,1H3,(H,25,30)(H,26,27)(H,28,29);2*1H. The molecule has 2 fully saturated rings. The van der Waals surface area contributed by atoms with Gasteiger partial charge in [0.2, 0.25) is 11.8 Å². The van der Waals surface area contributed by atoms with Crippen molar-refractivity contribution in [2.75, 3.05) is 32.7 Å². The van der Waals surface area contributed by atoms with Crippen molar-refractivity contribution in [3.63, 3.8) is 0 Å². The Morgan fingerprint density at radius 3 is 1.81 bits per heavy atom. The Morgan fingerprint density at radius 2 is 1.38 bits per heavy atom. The number of hydrogen-bond acceptors (Lipinski definition) is 5. The van der Waals surface area contributed by atoms with Crippen LogP contribution in [-0.4, -0.2) is 61.7 Å². The summed E-state index contributed by atoms with van der Waals surface area (Å²) < 4.78 is 0. The van der Waals surface area contributed by atoms with E-state index in [0.29, 0.717) is 11.8 Å². The summed E-state index contributed by atoms with van der Waals surface area (Å²) in [6.07, 6.45) is 8.44. The maximum atomic E-state index is 12.8. The minimum atomic E-state index is -0.956. The molecular weight excluding hydrogens is 455 g/mol. The van der Waals surface area contributed by atoms with Gasteiger partial charge in [0.05, 0.1) is 13.0 Å². The Hall–Kier alpha value is -1.09. The highest BCUT2D eigenvalue weighted by molar-refractivity contribution is 5.86. The van der Waals surface area contributed by atoms with Gasteiger partial charge in [-0.2, -0.15) is 0 Å². The number of piperidine rings is 2. The number of carboxylic acids is 1. The zero-order valence-corrected chi connectivity index (χ0v) is 20.8. The third kappa shape index (κ3) is 12.8. The molecule has 0 bridgehead atoms. The number of carboxylic acid groups (broad SMARTS) is 1. The van der Waals surface area contributed by atoms with Gasteiger partial charge in [0.25, 0.3) is 0 Å². The number of carbonyl (C=O) groups is 3. The highest BCUT2D eigenvalue weighted by Gasteiger charge is 2.24. The van der Waals surface area contributed by atoms with Gasteiger partial charge in [-0.25, -0.2) is 0 Å². The van der Waals surface area contributed by atoms with Crippen LogP contribution in [0.15, 0.2) is 0 Å². The van der Waals surface area contributed by atoms with E-state index < -0.39 is 12.0 Å². The molecule has 32 heavy (non-hydrogen) atoms. The quantitative estimate of drug-likeness (QED) is 0.282. The molecule has 0 aliphatic carbocycles. The van der Waals surface area contributed by atoms with E-state index in [1.54, 1.807) is 6.92 Å². The molecule has 0 spiro atoms. The molecule has 8 nitrogen and oxygen atoms in total. The predicted octanol–water partition coefficient (Wildman–Crippen LogP) is 2.10. The van der Waals surface area contributed by atoms with Gasteiger partial charge in [-0.15, -0.1) is 24.8 Å².